The zero-order valence-corrected chi connectivity index (χ0v) is 10.7. The molecule has 0 unspecified atom stereocenters. The Morgan fingerprint density at radius 1 is 1.53 bits per heavy atom. The molecule has 0 aliphatic carbocycles. The van der Waals surface area contributed by atoms with Gasteiger partial charge in [0.2, 0.25) is 0 Å². The second-order valence-electron chi connectivity index (χ2n) is 4.45. The van der Waals surface area contributed by atoms with Crippen LogP contribution in [0, 0.1) is 19.3 Å². The Morgan fingerprint density at radius 2 is 2.32 bits per heavy atom. The second kappa shape index (κ2) is 5.55. The third-order valence-corrected chi connectivity index (χ3v) is 2.71. The molecule has 5 nitrogen and oxygen atoms in total. The number of hydrogen-bond donors (Lipinski definition) is 1. The van der Waals surface area contributed by atoms with Gasteiger partial charge in [0.25, 0.3) is 0 Å². The molecule has 0 spiro atoms. The van der Waals surface area contributed by atoms with E-state index in [2.05, 4.69) is 10.9 Å². The van der Waals surface area contributed by atoms with Gasteiger partial charge in [0.15, 0.2) is 0 Å². The van der Waals surface area contributed by atoms with Gasteiger partial charge in [-0.2, -0.15) is 0 Å². The van der Waals surface area contributed by atoms with E-state index in [1.54, 1.807) is 4.90 Å². The van der Waals surface area contributed by atoms with Crippen LogP contribution in [-0.2, 0) is 11.3 Å². The van der Waals surface area contributed by atoms with Gasteiger partial charge in [0.05, 0.1) is 18.8 Å². The number of carboxylic acids is 1. The maximum absolute atomic E-state index is 10.8. The number of terminal acetylenes is 1. The van der Waals surface area contributed by atoms with Gasteiger partial charge in [0, 0.05) is 18.9 Å². The summed E-state index contributed by atoms with van der Waals surface area (Å²) < 4.78 is 1.93. The van der Waals surface area contributed by atoms with Crippen LogP contribution in [0.15, 0.2) is 24.5 Å². The number of carboxylic acid groups (broad SMARTS) is 1. The molecular weight excluding hydrogens is 242 g/mol. The molecule has 0 bridgehead atoms. The molecule has 0 saturated carbocycles. The number of rotatable bonds is 5. The summed E-state index contributed by atoms with van der Waals surface area (Å²) in [4.78, 5) is 16.9. The van der Waals surface area contributed by atoms with Crippen molar-refractivity contribution < 1.29 is 9.90 Å². The average molecular weight is 257 g/mol. The van der Waals surface area contributed by atoms with Gasteiger partial charge < -0.3 is 9.51 Å². The lowest BCUT2D eigenvalue weighted by atomic mass is 10.3. The average Bonchev–Trinajstić information content (AvgIpc) is 2.69. The van der Waals surface area contributed by atoms with Crippen molar-refractivity contribution in [1.29, 1.82) is 0 Å². The molecule has 0 aliphatic rings. The highest BCUT2D eigenvalue weighted by Gasteiger charge is 2.11. The Morgan fingerprint density at radius 3 is 3.00 bits per heavy atom. The number of hydrogen-bond acceptors (Lipinski definition) is 3. The molecule has 0 saturated heterocycles. The van der Waals surface area contributed by atoms with E-state index in [4.69, 9.17) is 11.5 Å². The lowest BCUT2D eigenvalue weighted by molar-refractivity contribution is -0.138. The predicted molar refractivity (Wildman–Crippen MR) is 71.7 cm³/mol. The number of imidazole rings is 1. The molecule has 19 heavy (non-hydrogen) atoms. The summed E-state index contributed by atoms with van der Waals surface area (Å²) >= 11 is 0. The highest BCUT2D eigenvalue weighted by Crippen LogP contribution is 2.09. The summed E-state index contributed by atoms with van der Waals surface area (Å²) in [6, 6.07) is 3.92. The second-order valence-corrected chi connectivity index (χ2v) is 4.45. The lowest BCUT2D eigenvalue weighted by Gasteiger charge is -2.15. The summed E-state index contributed by atoms with van der Waals surface area (Å²) in [7, 11) is 0. The van der Waals surface area contributed by atoms with Crippen LogP contribution in [0.2, 0.25) is 0 Å². The van der Waals surface area contributed by atoms with E-state index in [1.807, 2.05) is 35.9 Å². The minimum absolute atomic E-state index is 0.0862. The van der Waals surface area contributed by atoms with Crippen LogP contribution in [0.25, 0.3) is 5.65 Å². The van der Waals surface area contributed by atoms with E-state index in [1.165, 1.54) is 0 Å². The van der Waals surface area contributed by atoms with Crippen LogP contribution in [0.5, 0.6) is 0 Å². The normalized spacial score (nSPS) is 10.8. The first kappa shape index (κ1) is 13.1. The maximum Gasteiger partial charge on any atom is 0.317 e. The number of aliphatic carboxylic acids is 1. The number of carbonyl (C=O) groups is 1. The number of aryl methyl sites for hydroxylation is 1. The Bertz CT molecular complexity index is 640. The molecule has 0 radical (unpaired) electrons. The maximum atomic E-state index is 10.8. The molecule has 1 N–H and O–H groups in total. The van der Waals surface area contributed by atoms with Crippen LogP contribution < -0.4 is 0 Å². The highest BCUT2D eigenvalue weighted by atomic mass is 16.4. The van der Waals surface area contributed by atoms with Gasteiger partial charge in [0.1, 0.15) is 5.65 Å². The molecule has 0 amide bonds. The van der Waals surface area contributed by atoms with E-state index >= 15 is 0 Å². The van der Waals surface area contributed by atoms with Gasteiger partial charge in [-0.05, 0) is 18.6 Å². The Labute approximate surface area is 111 Å². The molecule has 98 valence electrons. The van der Waals surface area contributed by atoms with Crippen molar-refractivity contribution in [1.82, 2.24) is 14.3 Å². The van der Waals surface area contributed by atoms with Gasteiger partial charge in [-0.1, -0.05) is 12.0 Å². The van der Waals surface area contributed by atoms with Crippen molar-refractivity contribution in [3.05, 3.63) is 35.8 Å². The monoisotopic (exact) mass is 257 g/mol. The summed E-state index contributed by atoms with van der Waals surface area (Å²) in [5.41, 5.74) is 2.79. The van der Waals surface area contributed by atoms with Crippen molar-refractivity contribution in [2.24, 2.45) is 0 Å². The van der Waals surface area contributed by atoms with Crippen molar-refractivity contribution in [2.45, 2.75) is 13.5 Å². The molecule has 0 fully saturated rings. The third kappa shape index (κ3) is 3.33. The van der Waals surface area contributed by atoms with E-state index in [-0.39, 0.29) is 6.54 Å². The minimum atomic E-state index is -0.894. The van der Waals surface area contributed by atoms with Gasteiger partial charge >= 0.3 is 5.97 Å². The molecule has 2 aromatic heterocycles. The van der Waals surface area contributed by atoms with Crippen molar-refractivity contribution in [2.75, 3.05) is 13.1 Å². The molecule has 2 heterocycles. The van der Waals surface area contributed by atoms with Crippen LogP contribution >= 0.6 is 0 Å². The summed E-state index contributed by atoms with van der Waals surface area (Å²) in [5.74, 6) is 1.57. The zero-order chi connectivity index (χ0) is 13.8. The van der Waals surface area contributed by atoms with Crippen LogP contribution in [0.3, 0.4) is 0 Å². The zero-order valence-electron chi connectivity index (χ0n) is 10.7. The van der Waals surface area contributed by atoms with Gasteiger partial charge in [-0.3, -0.25) is 9.69 Å². The minimum Gasteiger partial charge on any atom is -0.480 e. The Balaban J connectivity index is 2.19. The molecule has 0 aromatic carbocycles. The van der Waals surface area contributed by atoms with E-state index < -0.39 is 5.97 Å². The first-order valence-corrected chi connectivity index (χ1v) is 5.90. The molecule has 0 atom stereocenters. The van der Waals surface area contributed by atoms with Crippen LogP contribution in [0.4, 0.5) is 0 Å². The fraction of sp³-hybridized carbons (Fsp3) is 0.286. The fourth-order valence-electron chi connectivity index (χ4n) is 1.95. The third-order valence-electron chi connectivity index (χ3n) is 2.71. The SMILES string of the molecule is C#CCN(CC(=O)O)Cc1cn2cc(C)ccc2n1. The first-order valence-electron chi connectivity index (χ1n) is 5.90. The van der Waals surface area contributed by atoms with E-state index in [0.717, 1.165) is 16.9 Å². The lowest BCUT2D eigenvalue weighted by Crippen LogP contribution is -2.29. The topological polar surface area (TPSA) is 57.8 Å². The smallest absolute Gasteiger partial charge is 0.317 e. The van der Waals surface area contributed by atoms with Crippen LogP contribution in [0.1, 0.15) is 11.3 Å². The first-order chi connectivity index (χ1) is 9.08. The van der Waals surface area contributed by atoms with Crippen molar-refractivity contribution in [3.8, 4) is 12.3 Å². The Kier molecular flexibility index (Phi) is 3.83. The molecule has 0 aliphatic heterocycles. The number of pyridine rings is 1. The molecular formula is C14H15N3O2. The van der Waals surface area contributed by atoms with E-state index in [0.29, 0.717) is 13.1 Å². The molecule has 2 aromatic rings. The standard InChI is InChI=1S/C14H15N3O2/c1-3-6-16(10-14(18)19)8-12-9-17-7-11(2)4-5-13(17)15-12/h1,4-5,7,9H,6,8,10H2,2H3,(H,18,19). The molecule has 5 heteroatoms. The number of nitrogens with zero attached hydrogens (tertiary/aromatic N) is 3. The highest BCUT2D eigenvalue weighted by molar-refractivity contribution is 5.69. The largest absolute Gasteiger partial charge is 0.480 e. The Hall–Kier alpha value is -2.32. The van der Waals surface area contributed by atoms with Crippen LogP contribution in [-0.4, -0.2) is 38.4 Å². The van der Waals surface area contributed by atoms with E-state index in [9.17, 15) is 4.79 Å². The van der Waals surface area contributed by atoms with Gasteiger partial charge in [-0.25, -0.2) is 4.98 Å². The number of aromatic nitrogens is 2. The quantitative estimate of drug-likeness (QED) is 0.817. The number of fused-ring (bicyclic) bond motifs is 1. The van der Waals surface area contributed by atoms with Crippen molar-refractivity contribution in [3.63, 3.8) is 0 Å². The van der Waals surface area contributed by atoms with Crippen molar-refractivity contribution >= 4 is 11.6 Å². The summed E-state index contributed by atoms with van der Waals surface area (Å²) in [6.07, 6.45) is 9.12. The predicted octanol–water partition coefficient (Wildman–Crippen LogP) is 1.16. The summed E-state index contributed by atoms with van der Waals surface area (Å²) in [5, 5.41) is 8.83. The fourth-order valence-corrected chi connectivity index (χ4v) is 1.95. The molecule has 2 rings (SSSR count). The van der Waals surface area contributed by atoms with Gasteiger partial charge in [-0.15, -0.1) is 6.42 Å². The summed E-state index contributed by atoms with van der Waals surface area (Å²) in [6.45, 7) is 2.64.